The highest BCUT2D eigenvalue weighted by molar-refractivity contribution is 6.32. The lowest BCUT2D eigenvalue weighted by Gasteiger charge is -2.22. The van der Waals surface area contributed by atoms with Gasteiger partial charge in [0, 0.05) is 17.5 Å². The van der Waals surface area contributed by atoms with Crippen LogP contribution in [-0.4, -0.2) is 39.5 Å². The molecule has 2 aromatic carbocycles. The van der Waals surface area contributed by atoms with Crippen LogP contribution in [0.4, 0.5) is 5.69 Å². The van der Waals surface area contributed by atoms with Gasteiger partial charge in [-0.25, -0.2) is 9.78 Å². The van der Waals surface area contributed by atoms with E-state index in [1.165, 1.54) is 29.9 Å². The number of hydrogen-bond acceptors (Lipinski definition) is 8. The summed E-state index contributed by atoms with van der Waals surface area (Å²) in [5.74, 6) is -0.265. The molecule has 1 saturated carbocycles. The third-order valence-corrected chi connectivity index (χ3v) is 6.51. The molecular weight excluding hydrogens is 500 g/mol. The Morgan fingerprint density at radius 3 is 2.73 bits per heavy atom. The van der Waals surface area contributed by atoms with Crippen LogP contribution >= 0.6 is 11.6 Å². The average molecular weight is 527 g/mol. The molecule has 10 nitrogen and oxygen atoms in total. The van der Waals surface area contributed by atoms with Crippen LogP contribution in [0.25, 0.3) is 10.9 Å². The number of fused-ring (bicyclic) bond motifs is 1. The maximum atomic E-state index is 13.4. The maximum Gasteiger partial charge on any atom is 0.347 e. The Morgan fingerprint density at radius 1 is 1.30 bits per heavy atom. The van der Waals surface area contributed by atoms with Crippen molar-refractivity contribution in [1.82, 2.24) is 9.66 Å². The third-order valence-electron chi connectivity index (χ3n) is 6.23. The second-order valence-corrected chi connectivity index (χ2v) is 9.21. The summed E-state index contributed by atoms with van der Waals surface area (Å²) in [5.41, 5.74) is 0.130. The SMILES string of the molecule is CCOC(=O)[C@@H](C)Oc1c(Cl)cc(C=Nn2c(C3CCCCC3)nc3ccccc3c2=O)cc1[N+](=O)[O-]. The summed E-state index contributed by atoms with van der Waals surface area (Å²) in [4.78, 5) is 41.2. The number of esters is 1. The first-order valence-corrected chi connectivity index (χ1v) is 12.5. The zero-order valence-electron chi connectivity index (χ0n) is 20.6. The zero-order chi connectivity index (χ0) is 26.5. The number of ether oxygens (including phenoxy) is 2. The van der Waals surface area contributed by atoms with E-state index in [9.17, 15) is 19.7 Å². The van der Waals surface area contributed by atoms with Gasteiger partial charge in [-0.2, -0.15) is 9.78 Å². The van der Waals surface area contributed by atoms with Crippen molar-refractivity contribution in [2.45, 2.75) is 58.0 Å². The van der Waals surface area contributed by atoms with E-state index in [2.05, 4.69) is 5.10 Å². The quantitative estimate of drug-likeness (QED) is 0.170. The maximum absolute atomic E-state index is 13.4. The lowest BCUT2D eigenvalue weighted by molar-refractivity contribution is -0.386. The van der Waals surface area contributed by atoms with E-state index in [0.29, 0.717) is 16.7 Å². The molecule has 1 heterocycles. The normalized spacial score (nSPS) is 15.1. The lowest BCUT2D eigenvalue weighted by Crippen LogP contribution is -2.26. The van der Waals surface area contributed by atoms with Crippen LogP contribution in [0.15, 0.2) is 46.3 Å². The number of hydrogen-bond donors (Lipinski definition) is 0. The summed E-state index contributed by atoms with van der Waals surface area (Å²) in [6.45, 7) is 3.20. The van der Waals surface area contributed by atoms with Crippen molar-refractivity contribution < 1.29 is 19.2 Å². The number of carbonyl (C=O) groups excluding carboxylic acids is 1. The smallest absolute Gasteiger partial charge is 0.347 e. The number of rotatable bonds is 8. The molecule has 3 aromatic rings. The van der Waals surface area contributed by atoms with E-state index in [-0.39, 0.29) is 34.4 Å². The van der Waals surface area contributed by atoms with Crippen LogP contribution in [0.2, 0.25) is 5.02 Å². The molecule has 4 rings (SSSR count). The predicted octanol–water partition coefficient (Wildman–Crippen LogP) is 5.22. The Bertz CT molecular complexity index is 1410. The third kappa shape index (κ3) is 5.80. The van der Waals surface area contributed by atoms with E-state index < -0.39 is 22.7 Å². The summed E-state index contributed by atoms with van der Waals surface area (Å²) >= 11 is 6.32. The van der Waals surface area contributed by atoms with Crippen molar-refractivity contribution in [3.8, 4) is 5.75 Å². The molecule has 0 spiro atoms. The highest BCUT2D eigenvalue weighted by Gasteiger charge is 2.26. The Balaban J connectivity index is 1.74. The largest absolute Gasteiger partial charge is 0.471 e. The fraction of sp³-hybridized carbons (Fsp3) is 0.385. The Labute approximate surface area is 218 Å². The van der Waals surface area contributed by atoms with Gasteiger partial charge in [-0.1, -0.05) is 43.0 Å². The van der Waals surface area contributed by atoms with Crippen LogP contribution in [0.1, 0.15) is 63.3 Å². The van der Waals surface area contributed by atoms with Crippen LogP contribution in [0, 0.1) is 10.1 Å². The number of nitro benzene ring substituents is 1. The first kappa shape index (κ1) is 26.3. The molecule has 1 fully saturated rings. The van der Waals surface area contributed by atoms with E-state index in [4.69, 9.17) is 26.1 Å². The van der Waals surface area contributed by atoms with Gasteiger partial charge in [0.15, 0.2) is 6.10 Å². The number of nitro groups is 1. The molecule has 1 aliphatic rings. The standard InChI is InChI=1S/C26H27ClN4O6/c1-3-36-26(33)16(2)37-23-20(27)13-17(14-22(23)31(34)35)15-28-30-24(18-9-5-4-6-10-18)29-21-12-8-7-11-19(21)25(30)32/h7-8,11-16,18H,3-6,9-10H2,1-2H3/t16-/m1/s1. The minimum atomic E-state index is -1.10. The van der Waals surface area contributed by atoms with Gasteiger partial charge in [-0.05, 0) is 44.9 Å². The fourth-order valence-electron chi connectivity index (χ4n) is 4.41. The number of carbonyl (C=O) groups is 1. The van der Waals surface area contributed by atoms with Crippen molar-refractivity contribution >= 4 is 40.4 Å². The zero-order valence-corrected chi connectivity index (χ0v) is 21.3. The summed E-state index contributed by atoms with van der Waals surface area (Å²) in [6.07, 6.45) is 5.28. The molecule has 0 radical (unpaired) electrons. The molecule has 0 aliphatic heterocycles. The van der Waals surface area contributed by atoms with Gasteiger partial charge in [-0.3, -0.25) is 14.9 Å². The van der Waals surface area contributed by atoms with Gasteiger partial charge in [0.25, 0.3) is 5.56 Å². The van der Waals surface area contributed by atoms with E-state index in [1.807, 2.05) is 6.07 Å². The number of benzene rings is 2. The summed E-state index contributed by atoms with van der Waals surface area (Å²) < 4.78 is 11.7. The average Bonchev–Trinajstić information content (AvgIpc) is 2.89. The Hall–Kier alpha value is -3.79. The van der Waals surface area contributed by atoms with Crippen molar-refractivity contribution in [2.24, 2.45) is 5.10 Å². The van der Waals surface area contributed by atoms with Crippen LogP contribution in [0.5, 0.6) is 5.75 Å². The summed E-state index contributed by atoms with van der Waals surface area (Å²) in [6, 6.07) is 9.74. The monoisotopic (exact) mass is 526 g/mol. The molecule has 1 aliphatic carbocycles. The molecule has 194 valence electrons. The molecule has 0 saturated heterocycles. The molecule has 37 heavy (non-hydrogen) atoms. The topological polar surface area (TPSA) is 126 Å². The molecular formula is C26H27ClN4O6. The molecule has 11 heteroatoms. The first-order valence-electron chi connectivity index (χ1n) is 12.2. The summed E-state index contributed by atoms with van der Waals surface area (Å²) in [5, 5.41) is 16.5. The first-order chi connectivity index (χ1) is 17.8. The van der Waals surface area contributed by atoms with Crippen LogP contribution in [-0.2, 0) is 9.53 Å². The molecule has 0 N–H and O–H groups in total. The molecule has 0 amide bonds. The predicted molar refractivity (Wildman–Crippen MR) is 140 cm³/mol. The van der Waals surface area contributed by atoms with Crippen molar-refractivity contribution in [2.75, 3.05) is 6.61 Å². The van der Waals surface area contributed by atoms with Gasteiger partial charge >= 0.3 is 11.7 Å². The van der Waals surface area contributed by atoms with Gasteiger partial charge in [-0.15, -0.1) is 0 Å². The fourth-order valence-corrected chi connectivity index (χ4v) is 4.68. The second kappa shape index (κ2) is 11.5. The number of nitrogens with zero attached hydrogens (tertiary/aromatic N) is 4. The van der Waals surface area contributed by atoms with E-state index in [1.54, 1.807) is 25.1 Å². The number of aromatic nitrogens is 2. The molecule has 0 unspecified atom stereocenters. The van der Waals surface area contributed by atoms with Gasteiger partial charge in [0.1, 0.15) is 5.82 Å². The van der Waals surface area contributed by atoms with E-state index in [0.717, 1.165) is 32.1 Å². The van der Waals surface area contributed by atoms with E-state index >= 15 is 0 Å². The minimum absolute atomic E-state index is 0.0803. The van der Waals surface area contributed by atoms with Gasteiger partial charge < -0.3 is 9.47 Å². The van der Waals surface area contributed by atoms with Crippen LogP contribution < -0.4 is 10.3 Å². The lowest BCUT2D eigenvalue weighted by atomic mass is 9.88. The van der Waals surface area contributed by atoms with Crippen molar-refractivity contribution in [1.29, 1.82) is 0 Å². The second-order valence-electron chi connectivity index (χ2n) is 8.80. The Morgan fingerprint density at radius 2 is 2.03 bits per heavy atom. The molecule has 1 atom stereocenters. The minimum Gasteiger partial charge on any atom is -0.471 e. The highest BCUT2D eigenvalue weighted by atomic mass is 35.5. The number of halogens is 1. The molecule has 0 bridgehead atoms. The summed E-state index contributed by atoms with van der Waals surface area (Å²) in [7, 11) is 0. The van der Waals surface area contributed by atoms with Crippen LogP contribution in [0.3, 0.4) is 0 Å². The molecule has 1 aromatic heterocycles. The van der Waals surface area contributed by atoms with Crippen molar-refractivity contribution in [3.05, 3.63) is 73.3 Å². The highest BCUT2D eigenvalue weighted by Crippen LogP contribution is 2.37. The Kier molecular flexibility index (Phi) is 8.17. The van der Waals surface area contributed by atoms with Gasteiger partial charge in [0.2, 0.25) is 5.75 Å². The van der Waals surface area contributed by atoms with Gasteiger partial charge in [0.05, 0.1) is 33.7 Å². The number of para-hydroxylation sites is 1. The van der Waals surface area contributed by atoms with Crippen molar-refractivity contribution in [3.63, 3.8) is 0 Å².